The van der Waals surface area contributed by atoms with Crippen LogP contribution in [0.5, 0.6) is 0 Å². The predicted molar refractivity (Wildman–Crippen MR) is 60.9 cm³/mol. The molecule has 2 aromatic rings. The molecular formula is C12H10F3N3O. The molecule has 0 aliphatic carbocycles. The van der Waals surface area contributed by atoms with Crippen LogP contribution in [0.1, 0.15) is 17.2 Å². The lowest BCUT2D eigenvalue weighted by Crippen LogP contribution is -2.33. The summed E-state index contributed by atoms with van der Waals surface area (Å²) in [6.45, 7) is 3.24. The first kappa shape index (κ1) is 13.3. The van der Waals surface area contributed by atoms with E-state index in [0.29, 0.717) is 22.5 Å². The zero-order valence-electron chi connectivity index (χ0n) is 10.2. The Bertz CT molecular complexity index is 586. The lowest BCUT2D eigenvalue weighted by atomic mass is 10.1. The second-order valence-electron chi connectivity index (χ2n) is 4.11. The fourth-order valence-corrected chi connectivity index (χ4v) is 1.68. The smallest absolute Gasteiger partial charge is 0.451 e. The van der Waals surface area contributed by atoms with Gasteiger partial charge in [-0.3, -0.25) is 0 Å². The van der Waals surface area contributed by atoms with E-state index in [1.807, 2.05) is 0 Å². The third kappa shape index (κ3) is 2.64. The maximum atomic E-state index is 12.3. The van der Waals surface area contributed by atoms with Gasteiger partial charge in [0.15, 0.2) is 11.4 Å². The van der Waals surface area contributed by atoms with Gasteiger partial charge in [0, 0.05) is 43.9 Å². The average molecular weight is 269 g/mol. The van der Waals surface area contributed by atoms with E-state index in [4.69, 9.17) is 0 Å². The maximum absolute atomic E-state index is 12.3. The summed E-state index contributed by atoms with van der Waals surface area (Å²) in [5, 5.41) is 11.5. The van der Waals surface area contributed by atoms with E-state index in [-0.39, 0.29) is 0 Å². The molecular weight excluding hydrogens is 259 g/mol. The van der Waals surface area contributed by atoms with Crippen LogP contribution in [0.15, 0.2) is 24.5 Å². The lowest BCUT2D eigenvalue weighted by Gasteiger charge is -2.08. The van der Waals surface area contributed by atoms with E-state index in [0.717, 1.165) is 17.1 Å². The Hall–Kier alpha value is -2.18. The fourth-order valence-electron chi connectivity index (χ4n) is 1.68. The molecule has 0 radical (unpaired) electrons. The molecule has 0 saturated carbocycles. The summed E-state index contributed by atoms with van der Waals surface area (Å²) < 4.78 is 37.7. The number of pyridine rings is 1. The van der Waals surface area contributed by atoms with Crippen molar-refractivity contribution in [1.29, 1.82) is 0 Å². The number of aryl methyl sites for hydroxylation is 2. The zero-order valence-corrected chi connectivity index (χ0v) is 10.2. The highest BCUT2D eigenvalue weighted by Crippen LogP contribution is 2.27. The number of rotatable bonds is 1. The summed E-state index contributed by atoms with van der Waals surface area (Å²) in [7, 11) is 0. The van der Waals surface area contributed by atoms with Crippen LogP contribution in [0.4, 0.5) is 13.2 Å². The van der Waals surface area contributed by atoms with Gasteiger partial charge in [0.2, 0.25) is 5.82 Å². The minimum absolute atomic E-state index is 0.430. The first-order valence-corrected chi connectivity index (χ1v) is 5.39. The van der Waals surface area contributed by atoms with Crippen molar-refractivity contribution < 1.29 is 17.9 Å². The highest BCUT2D eigenvalue weighted by molar-refractivity contribution is 5.61. The zero-order chi connectivity index (χ0) is 14.2. The summed E-state index contributed by atoms with van der Waals surface area (Å²) >= 11 is 0. The van der Waals surface area contributed by atoms with Gasteiger partial charge in [-0.25, -0.2) is 9.97 Å². The van der Waals surface area contributed by atoms with Gasteiger partial charge in [0.1, 0.15) is 0 Å². The molecule has 4 nitrogen and oxygen atoms in total. The Morgan fingerprint density at radius 2 is 1.47 bits per heavy atom. The van der Waals surface area contributed by atoms with Crippen molar-refractivity contribution in [3.8, 4) is 11.1 Å². The van der Waals surface area contributed by atoms with Crippen LogP contribution in [-0.4, -0.2) is 9.97 Å². The summed E-state index contributed by atoms with van der Waals surface area (Å²) in [4.78, 5) is 6.57. The number of halogens is 3. The van der Waals surface area contributed by atoms with Gasteiger partial charge in [0.25, 0.3) is 0 Å². The molecule has 0 spiro atoms. The highest BCUT2D eigenvalue weighted by atomic mass is 19.4. The number of hydrogen-bond donors (Lipinski definition) is 0. The number of nitrogens with zero attached hydrogens (tertiary/aromatic N) is 3. The summed E-state index contributed by atoms with van der Waals surface area (Å²) in [5.74, 6) is -1.18. The molecule has 2 heterocycles. The molecule has 0 N–H and O–H groups in total. The largest absolute Gasteiger partial charge is 0.618 e. The monoisotopic (exact) mass is 269 g/mol. The van der Waals surface area contributed by atoms with Crippen LogP contribution in [0.25, 0.3) is 11.1 Å². The van der Waals surface area contributed by atoms with E-state index < -0.39 is 12.0 Å². The highest BCUT2D eigenvalue weighted by Gasteiger charge is 2.34. The third-order valence-electron chi connectivity index (χ3n) is 2.61. The van der Waals surface area contributed by atoms with Gasteiger partial charge in [-0.1, -0.05) is 0 Å². The molecule has 7 heteroatoms. The minimum atomic E-state index is -4.56. The Morgan fingerprint density at radius 3 is 1.89 bits per heavy atom. The van der Waals surface area contributed by atoms with Crippen molar-refractivity contribution in [2.45, 2.75) is 20.0 Å². The van der Waals surface area contributed by atoms with Gasteiger partial charge in [-0.05, 0) is 5.56 Å². The SMILES string of the molecule is Cc1cc(-c2cnc(C(F)(F)F)nc2)cc(C)[n+]1[O-]. The van der Waals surface area contributed by atoms with Gasteiger partial charge >= 0.3 is 6.18 Å². The average Bonchev–Trinajstić information content (AvgIpc) is 2.34. The van der Waals surface area contributed by atoms with Crippen LogP contribution in [0.2, 0.25) is 0 Å². The quantitative estimate of drug-likeness (QED) is 0.590. The molecule has 0 saturated heterocycles. The van der Waals surface area contributed by atoms with Crippen LogP contribution in [-0.2, 0) is 6.18 Å². The summed E-state index contributed by atoms with van der Waals surface area (Å²) in [6, 6.07) is 3.15. The van der Waals surface area contributed by atoms with Crippen molar-refractivity contribution in [2.75, 3.05) is 0 Å². The predicted octanol–water partition coefficient (Wildman–Crippen LogP) is 2.41. The lowest BCUT2D eigenvalue weighted by molar-refractivity contribution is -0.619. The second kappa shape index (κ2) is 4.49. The number of alkyl halides is 3. The van der Waals surface area contributed by atoms with Crippen LogP contribution >= 0.6 is 0 Å². The maximum Gasteiger partial charge on any atom is 0.451 e. The third-order valence-corrected chi connectivity index (χ3v) is 2.61. The molecule has 0 unspecified atom stereocenters. The van der Waals surface area contributed by atoms with Crippen LogP contribution < -0.4 is 4.73 Å². The van der Waals surface area contributed by atoms with Crippen molar-refractivity contribution in [3.63, 3.8) is 0 Å². The first-order valence-electron chi connectivity index (χ1n) is 5.39. The Balaban J connectivity index is 2.43. The molecule has 2 aromatic heterocycles. The number of aromatic nitrogens is 3. The van der Waals surface area contributed by atoms with Crippen molar-refractivity contribution in [2.24, 2.45) is 0 Å². The van der Waals surface area contributed by atoms with E-state index in [1.54, 1.807) is 26.0 Å². The normalized spacial score (nSPS) is 11.6. The standard InChI is InChI=1S/C12H10F3N3O/c1-7-3-9(4-8(2)18(7)19)10-5-16-11(17-6-10)12(13,14)15/h3-6H,1-2H3. The Morgan fingerprint density at radius 1 is 1.00 bits per heavy atom. The van der Waals surface area contributed by atoms with Crippen molar-refractivity contribution >= 4 is 0 Å². The topological polar surface area (TPSA) is 52.7 Å². The second-order valence-corrected chi connectivity index (χ2v) is 4.11. The van der Waals surface area contributed by atoms with Gasteiger partial charge < -0.3 is 5.21 Å². The summed E-state index contributed by atoms with van der Waals surface area (Å²) in [6.07, 6.45) is -2.36. The van der Waals surface area contributed by atoms with Gasteiger partial charge in [-0.2, -0.15) is 17.9 Å². The molecule has 0 fully saturated rings. The Labute approximate surface area is 107 Å². The molecule has 0 aliphatic rings. The molecule has 0 aliphatic heterocycles. The first-order chi connectivity index (χ1) is 8.79. The molecule has 0 bridgehead atoms. The van der Waals surface area contributed by atoms with Gasteiger partial charge in [0.05, 0.1) is 0 Å². The van der Waals surface area contributed by atoms with E-state index >= 15 is 0 Å². The molecule has 0 amide bonds. The van der Waals surface area contributed by atoms with E-state index in [9.17, 15) is 18.4 Å². The fraction of sp³-hybridized carbons (Fsp3) is 0.250. The van der Waals surface area contributed by atoms with E-state index in [1.165, 1.54) is 0 Å². The molecule has 0 atom stereocenters. The summed E-state index contributed by atoms with van der Waals surface area (Å²) in [5.41, 5.74) is 1.94. The minimum Gasteiger partial charge on any atom is -0.618 e. The number of hydrogen-bond acceptors (Lipinski definition) is 3. The van der Waals surface area contributed by atoms with Crippen molar-refractivity contribution in [1.82, 2.24) is 9.97 Å². The van der Waals surface area contributed by atoms with Crippen molar-refractivity contribution in [3.05, 3.63) is 46.9 Å². The van der Waals surface area contributed by atoms with E-state index in [2.05, 4.69) is 9.97 Å². The molecule has 100 valence electrons. The molecule has 19 heavy (non-hydrogen) atoms. The Kier molecular flexibility index (Phi) is 3.13. The van der Waals surface area contributed by atoms with Crippen LogP contribution in [0, 0.1) is 19.1 Å². The molecule has 2 rings (SSSR count). The van der Waals surface area contributed by atoms with Gasteiger partial charge in [-0.15, -0.1) is 0 Å². The molecule has 0 aromatic carbocycles. The van der Waals surface area contributed by atoms with Crippen LogP contribution in [0.3, 0.4) is 0 Å².